The first kappa shape index (κ1) is 22.1. The lowest BCUT2D eigenvalue weighted by molar-refractivity contribution is -0.139. The van der Waals surface area contributed by atoms with Crippen LogP contribution in [0.15, 0.2) is 23.8 Å². The minimum atomic E-state index is -0.702. The van der Waals surface area contributed by atoms with Crippen LogP contribution in [0, 0.1) is 46.3 Å². The quantitative estimate of drug-likeness (QED) is 0.524. The molecule has 0 amide bonds. The number of hydrogen-bond donors (Lipinski definition) is 2. The molecule has 0 heterocycles. The maximum atomic E-state index is 12.0. The van der Waals surface area contributed by atoms with E-state index in [-0.39, 0.29) is 11.5 Å². The van der Waals surface area contributed by atoms with E-state index in [2.05, 4.69) is 39.8 Å². The van der Waals surface area contributed by atoms with E-state index in [0.29, 0.717) is 23.2 Å². The van der Waals surface area contributed by atoms with Gasteiger partial charge in [-0.2, -0.15) is 0 Å². The molecule has 0 bridgehead atoms. The molecule has 0 saturated heterocycles. The average Bonchev–Trinajstić information content (AvgIpc) is 2.99. The van der Waals surface area contributed by atoms with Gasteiger partial charge in [0.2, 0.25) is 0 Å². The Labute approximate surface area is 183 Å². The second kappa shape index (κ2) is 8.11. The standard InChI is InChI=1S/C27H42O3/c1-17(2)6-5-7-20(25(29)30)18-12-14-26(3)19(16-18)8-9-21-22-10-11-24(28)27(22,4)15-13-23(21)26/h5,7,12,17,19-24,28H,6,8-11,13-16H2,1-4H3,(H,29,30)/t19-,20-,21-,22+,23-,24-,26-,27-/m0/s1. The Morgan fingerprint density at radius 3 is 2.57 bits per heavy atom. The van der Waals surface area contributed by atoms with E-state index < -0.39 is 11.9 Å². The summed E-state index contributed by atoms with van der Waals surface area (Å²) >= 11 is 0. The van der Waals surface area contributed by atoms with E-state index in [1.165, 1.54) is 25.7 Å². The molecular formula is C27H42O3. The zero-order chi connectivity index (χ0) is 21.7. The number of aliphatic carboxylic acids is 1. The van der Waals surface area contributed by atoms with Gasteiger partial charge in [0, 0.05) is 0 Å². The second-order valence-electron chi connectivity index (χ2n) is 11.9. The van der Waals surface area contributed by atoms with Gasteiger partial charge < -0.3 is 10.2 Å². The Bertz CT molecular complexity index is 722. The Kier molecular flexibility index (Phi) is 5.98. The third kappa shape index (κ3) is 3.59. The zero-order valence-electron chi connectivity index (χ0n) is 19.4. The van der Waals surface area contributed by atoms with Crippen LogP contribution in [0.25, 0.3) is 0 Å². The van der Waals surface area contributed by atoms with E-state index in [1.54, 1.807) is 0 Å². The van der Waals surface area contributed by atoms with Crippen LogP contribution in [0.3, 0.4) is 0 Å². The van der Waals surface area contributed by atoms with Crippen molar-refractivity contribution in [3.05, 3.63) is 23.8 Å². The van der Waals surface area contributed by atoms with Crippen LogP contribution in [0.4, 0.5) is 0 Å². The molecule has 3 nitrogen and oxygen atoms in total. The van der Waals surface area contributed by atoms with E-state index >= 15 is 0 Å². The minimum Gasteiger partial charge on any atom is -0.481 e. The van der Waals surface area contributed by atoms with Gasteiger partial charge in [-0.1, -0.05) is 51.5 Å². The van der Waals surface area contributed by atoms with Crippen LogP contribution in [-0.4, -0.2) is 22.3 Å². The summed E-state index contributed by atoms with van der Waals surface area (Å²) in [5.74, 6) is 2.17. The van der Waals surface area contributed by atoms with E-state index in [0.717, 1.165) is 49.5 Å². The normalized spacial score (nSPS) is 44.3. The molecule has 0 aromatic rings. The average molecular weight is 415 g/mol. The van der Waals surface area contributed by atoms with Gasteiger partial charge in [0.1, 0.15) is 0 Å². The summed E-state index contributed by atoms with van der Waals surface area (Å²) in [7, 11) is 0. The van der Waals surface area contributed by atoms with Crippen LogP contribution in [-0.2, 0) is 4.79 Å². The summed E-state index contributed by atoms with van der Waals surface area (Å²) in [6, 6.07) is 0. The monoisotopic (exact) mass is 414 g/mol. The van der Waals surface area contributed by atoms with Gasteiger partial charge in [0.05, 0.1) is 12.0 Å². The molecule has 0 spiro atoms. The maximum Gasteiger partial charge on any atom is 0.314 e. The number of aliphatic hydroxyl groups is 1. The van der Waals surface area contributed by atoms with Crippen LogP contribution in [0.2, 0.25) is 0 Å². The lowest BCUT2D eigenvalue weighted by Gasteiger charge is -2.60. The van der Waals surface area contributed by atoms with Crippen molar-refractivity contribution < 1.29 is 15.0 Å². The molecule has 0 aromatic heterocycles. The van der Waals surface area contributed by atoms with Gasteiger partial charge in [0.15, 0.2) is 0 Å². The summed E-state index contributed by atoms with van der Waals surface area (Å²) in [6.45, 7) is 9.19. The second-order valence-corrected chi connectivity index (χ2v) is 11.9. The fraction of sp³-hybridized carbons (Fsp3) is 0.815. The van der Waals surface area contributed by atoms with Crippen LogP contribution >= 0.6 is 0 Å². The Balaban J connectivity index is 1.54. The molecule has 0 unspecified atom stereocenters. The fourth-order valence-corrected chi connectivity index (χ4v) is 7.98. The number of aliphatic hydroxyl groups excluding tert-OH is 1. The molecule has 4 aliphatic rings. The van der Waals surface area contributed by atoms with Crippen molar-refractivity contribution >= 4 is 5.97 Å². The largest absolute Gasteiger partial charge is 0.481 e. The minimum absolute atomic E-state index is 0.110. The molecular weight excluding hydrogens is 372 g/mol. The lowest BCUT2D eigenvalue weighted by atomic mass is 9.45. The lowest BCUT2D eigenvalue weighted by Crippen LogP contribution is -2.53. The molecule has 0 aliphatic heterocycles. The summed E-state index contributed by atoms with van der Waals surface area (Å²) in [4.78, 5) is 12.0. The van der Waals surface area contributed by atoms with E-state index in [9.17, 15) is 15.0 Å². The highest BCUT2D eigenvalue weighted by atomic mass is 16.4. The first-order chi connectivity index (χ1) is 14.2. The number of allylic oxidation sites excluding steroid dienone is 2. The third-order valence-electron chi connectivity index (χ3n) is 9.90. The van der Waals surface area contributed by atoms with Crippen LogP contribution in [0.5, 0.6) is 0 Å². The molecule has 4 aliphatic carbocycles. The maximum absolute atomic E-state index is 12.0. The smallest absolute Gasteiger partial charge is 0.314 e. The molecule has 3 fully saturated rings. The van der Waals surface area contributed by atoms with Crippen molar-refractivity contribution in [3.8, 4) is 0 Å². The predicted molar refractivity (Wildman–Crippen MR) is 121 cm³/mol. The van der Waals surface area contributed by atoms with Gasteiger partial charge in [0.25, 0.3) is 0 Å². The number of carboxylic acid groups (broad SMARTS) is 1. The number of carboxylic acids is 1. The highest BCUT2D eigenvalue weighted by Crippen LogP contribution is 2.66. The van der Waals surface area contributed by atoms with E-state index in [1.807, 2.05) is 6.08 Å². The van der Waals surface area contributed by atoms with Crippen molar-refractivity contribution in [2.45, 2.75) is 91.6 Å². The van der Waals surface area contributed by atoms with Crippen LogP contribution in [0.1, 0.15) is 85.5 Å². The van der Waals surface area contributed by atoms with E-state index in [4.69, 9.17) is 0 Å². The predicted octanol–water partition coefficient (Wildman–Crippen LogP) is 6.23. The molecule has 4 rings (SSSR count). The highest BCUT2D eigenvalue weighted by Gasteiger charge is 2.59. The Hall–Kier alpha value is -1.09. The SMILES string of the molecule is CC(C)CC=C[C@H](C(=O)O)C1=CC[C@@]2(C)[C@@H](CC[C@H]3[C@H]4CC[C@H](O)[C@@]4(C)CC[C@@H]32)C1. The van der Waals surface area contributed by atoms with Crippen molar-refractivity contribution in [1.29, 1.82) is 0 Å². The molecule has 3 saturated carbocycles. The van der Waals surface area contributed by atoms with Crippen molar-refractivity contribution in [1.82, 2.24) is 0 Å². The molecule has 8 atom stereocenters. The van der Waals surface area contributed by atoms with Crippen LogP contribution < -0.4 is 0 Å². The summed E-state index contributed by atoms with van der Waals surface area (Å²) < 4.78 is 0. The highest BCUT2D eigenvalue weighted by molar-refractivity contribution is 5.76. The molecule has 168 valence electrons. The first-order valence-corrected chi connectivity index (χ1v) is 12.4. The Morgan fingerprint density at radius 2 is 1.87 bits per heavy atom. The third-order valence-corrected chi connectivity index (χ3v) is 9.90. The van der Waals surface area contributed by atoms with Gasteiger partial charge in [-0.25, -0.2) is 0 Å². The summed E-state index contributed by atoms with van der Waals surface area (Å²) in [6.07, 6.45) is 16.2. The van der Waals surface area contributed by atoms with Gasteiger partial charge in [-0.15, -0.1) is 0 Å². The molecule has 0 radical (unpaired) electrons. The first-order valence-electron chi connectivity index (χ1n) is 12.4. The number of hydrogen-bond acceptors (Lipinski definition) is 2. The topological polar surface area (TPSA) is 57.5 Å². The summed E-state index contributed by atoms with van der Waals surface area (Å²) in [5.41, 5.74) is 1.57. The Morgan fingerprint density at radius 1 is 1.13 bits per heavy atom. The van der Waals surface area contributed by atoms with Gasteiger partial charge in [-0.3, -0.25) is 4.79 Å². The van der Waals surface area contributed by atoms with Crippen molar-refractivity contribution in [3.63, 3.8) is 0 Å². The fourth-order valence-electron chi connectivity index (χ4n) is 7.98. The molecule has 3 heteroatoms. The number of rotatable bonds is 5. The van der Waals surface area contributed by atoms with Gasteiger partial charge in [-0.05, 0) is 98.2 Å². The molecule has 30 heavy (non-hydrogen) atoms. The van der Waals surface area contributed by atoms with Gasteiger partial charge >= 0.3 is 5.97 Å². The number of fused-ring (bicyclic) bond motifs is 5. The molecule has 0 aromatic carbocycles. The van der Waals surface area contributed by atoms with Crippen molar-refractivity contribution in [2.75, 3.05) is 0 Å². The molecule has 2 N–H and O–H groups in total. The van der Waals surface area contributed by atoms with Crippen molar-refractivity contribution in [2.24, 2.45) is 46.3 Å². The summed E-state index contributed by atoms with van der Waals surface area (Å²) in [5, 5.41) is 20.5. The zero-order valence-corrected chi connectivity index (χ0v) is 19.4. The number of carbonyl (C=O) groups is 1.